The second kappa shape index (κ2) is 3.94. The molecule has 3 unspecified atom stereocenters. The monoisotopic (exact) mass is 152 g/mol. The summed E-state index contributed by atoms with van der Waals surface area (Å²) in [5.74, 6) is 2.99. The summed E-state index contributed by atoms with van der Waals surface area (Å²) in [6.07, 6.45) is 7.55. The molecule has 0 saturated heterocycles. The molecule has 1 fully saturated rings. The summed E-state index contributed by atoms with van der Waals surface area (Å²) in [4.78, 5) is 0. The van der Waals surface area contributed by atoms with Gasteiger partial charge in [-0.1, -0.05) is 32.8 Å². The number of allylic oxidation sites excluding steroid dienone is 1. The summed E-state index contributed by atoms with van der Waals surface area (Å²) >= 11 is 0. The van der Waals surface area contributed by atoms with Crippen LogP contribution in [0.4, 0.5) is 0 Å². The molecule has 64 valence electrons. The minimum absolute atomic E-state index is 0.963. The first-order valence-electron chi connectivity index (χ1n) is 4.90. The van der Waals surface area contributed by atoms with E-state index >= 15 is 0 Å². The van der Waals surface area contributed by atoms with E-state index in [1.807, 2.05) is 0 Å². The van der Waals surface area contributed by atoms with Crippen molar-refractivity contribution in [2.75, 3.05) is 0 Å². The Kier molecular flexibility index (Phi) is 3.16. The minimum Gasteiger partial charge on any atom is -0.103 e. The van der Waals surface area contributed by atoms with Crippen molar-refractivity contribution in [1.29, 1.82) is 0 Å². The van der Waals surface area contributed by atoms with Crippen LogP contribution in [-0.4, -0.2) is 0 Å². The Bertz CT molecular complexity index is 126. The zero-order valence-corrected chi connectivity index (χ0v) is 7.84. The van der Waals surface area contributed by atoms with Crippen molar-refractivity contribution in [3.63, 3.8) is 0 Å². The maximum absolute atomic E-state index is 3.78. The highest BCUT2D eigenvalue weighted by Gasteiger charge is 2.38. The maximum atomic E-state index is 3.78. The van der Waals surface area contributed by atoms with Gasteiger partial charge < -0.3 is 0 Å². The summed E-state index contributed by atoms with van der Waals surface area (Å²) < 4.78 is 0. The van der Waals surface area contributed by atoms with Crippen LogP contribution in [0.25, 0.3) is 0 Å². The highest BCUT2D eigenvalue weighted by molar-refractivity contribution is 4.93. The van der Waals surface area contributed by atoms with Crippen LogP contribution in [0.5, 0.6) is 0 Å². The van der Waals surface area contributed by atoms with E-state index < -0.39 is 0 Å². The van der Waals surface area contributed by atoms with Crippen molar-refractivity contribution in [1.82, 2.24) is 0 Å². The molecule has 1 aliphatic rings. The molecule has 0 aromatic rings. The SMILES string of the molecule is C=CCC1CC1C(C)CCC. The fraction of sp³-hybridized carbons (Fsp3) is 0.818. The molecular weight excluding hydrogens is 132 g/mol. The molecule has 1 saturated carbocycles. The largest absolute Gasteiger partial charge is 0.103 e. The van der Waals surface area contributed by atoms with Crippen LogP contribution in [0.3, 0.4) is 0 Å². The van der Waals surface area contributed by atoms with Gasteiger partial charge in [0, 0.05) is 0 Å². The van der Waals surface area contributed by atoms with Gasteiger partial charge in [0.25, 0.3) is 0 Å². The topological polar surface area (TPSA) is 0 Å². The standard InChI is InChI=1S/C11H20/c1-4-6-9(3)11-8-10(11)7-5-2/h5,9-11H,2,4,6-8H2,1,3H3. The lowest BCUT2D eigenvalue weighted by atomic mass is 9.98. The van der Waals surface area contributed by atoms with Gasteiger partial charge in [-0.15, -0.1) is 6.58 Å². The van der Waals surface area contributed by atoms with Crippen LogP contribution >= 0.6 is 0 Å². The average Bonchev–Trinajstić information content (AvgIpc) is 2.69. The second-order valence-electron chi connectivity index (χ2n) is 3.95. The lowest BCUT2D eigenvalue weighted by Gasteiger charge is -2.07. The molecule has 0 aromatic heterocycles. The number of hydrogen-bond acceptors (Lipinski definition) is 0. The summed E-state index contributed by atoms with van der Waals surface area (Å²) in [5.41, 5.74) is 0. The first kappa shape index (κ1) is 8.83. The molecule has 3 atom stereocenters. The van der Waals surface area contributed by atoms with E-state index in [9.17, 15) is 0 Å². The third-order valence-electron chi connectivity index (χ3n) is 2.92. The van der Waals surface area contributed by atoms with Crippen molar-refractivity contribution in [2.45, 2.75) is 39.5 Å². The van der Waals surface area contributed by atoms with E-state index in [4.69, 9.17) is 0 Å². The van der Waals surface area contributed by atoms with E-state index in [2.05, 4.69) is 26.5 Å². The van der Waals surface area contributed by atoms with Gasteiger partial charge in [-0.3, -0.25) is 0 Å². The highest BCUT2D eigenvalue weighted by Crippen LogP contribution is 2.47. The first-order valence-corrected chi connectivity index (χ1v) is 4.90. The van der Waals surface area contributed by atoms with Crippen molar-refractivity contribution in [3.05, 3.63) is 12.7 Å². The molecule has 0 aliphatic heterocycles. The van der Waals surface area contributed by atoms with Crippen LogP contribution in [0.2, 0.25) is 0 Å². The van der Waals surface area contributed by atoms with Crippen LogP contribution in [0.1, 0.15) is 39.5 Å². The third kappa shape index (κ3) is 2.36. The van der Waals surface area contributed by atoms with Gasteiger partial charge in [0.1, 0.15) is 0 Å². The average molecular weight is 152 g/mol. The molecule has 0 heteroatoms. The molecule has 0 radical (unpaired) electrons. The number of hydrogen-bond donors (Lipinski definition) is 0. The Morgan fingerprint density at radius 1 is 1.64 bits per heavy atom. The predicted octanol–water partition coefficient (Wildman–Crippen LogP) is 3.63. The number of rotatable bonds is 5. The maximum Gasteiger partial charge on any atom is -0.0322 e. The third-order valence-corrected chi connectivity index (χ3v) is 2.92. The minimum atomic E-state index is 0.963. The first-order chi connectivity index (χ1) is 5.29. The Morgan fingerprint density at radius 2 is 2.36 bits per heavy atom. The van der Waals surface area contributed by atoms with Gasteiger partial charge in [-0.25, -0.2) is 0 Å². The molecule has 1 aliphatic carbocycles. The Morgan fingerprint density at radius 3 is 2.91 bits per heavy atom. The molecule has 0 spiro atoms. The fourth-order valence-electron chi connectivity index (χ4n) is 2.12. The lowest BCUT2D eigenvalue weighted by Crippen LogP contribution is -1.97. The van der Waals surface area contributed by atoms with E-state index in [1.54, 1.807) is 0 Å². The second-order valence-corrected chi connectivity index (χ2v) is 3.95. The summed E-state index contributed by atoms with van der Waals surface area (Å²) in [7, 11) is 0. The molecular formula is C11H20. The quantitative estimate of drug-likeness (QED) is 0.528. The van der Waals surface area contributed by atoms with Crippen molar-refractivity contribution in [2.24, 2.45) is 17.8 Å². The van der Waals surface area contributed by atoms with Crippen molar-refractivity contribution in [3.8, 4) is 0 Å². The van der Waals surface area contributed by atoms with E-state index in [0.717, 1.165) is 17.8 Å². The van der Waals surface area contributed by atoms with Gasteiger partial charge in [0.15, 0.2) is 0 Å². The van der Waals surface area contributed by atoms with Crippen LogP contribution in [0, 0.1) is 17.8 Å². The van der Waals surface area contributed by atoms with E-state index in [0.29, 0.717) is 0 Å². The predicted molar refractivity (Wildman–Crippen MR) is 50.5 cm³/mol. The Balaban J connectivity index is 2.14. The van der Waals surface area contributed by atoms with E-state index in [1.165, 1.54) is 25.7 Å². The van der Waals surface area contributed by atoms with Gasteiger partial charge in [-0.2, -0.15) is 0 Å². The fourth-order valence-corrected chi connectivity index (χ4v) is 2.12. The van der Waals surface area contributed by atoms with Crippen molar-refractivity contribution < 1.29 is 0 Å². The summed E-state index contributed by atoms with van der Waals surface area (Å²) in [5, 5.41) is 0. The van der Waals surface area contributed by atoms with Crippen molar-refractivity contribution >= 4 is 0 Å². The Labute approximate surface area is 70.7 Å². The zero-order chi connectivity index (χ0) is 8.27. The van der Waals surface area contributed by atoms with Crippen LogP contribution < -0.4 is 0 Å². The summed E-state index contributed by atoms with van der Waals surface area (Å²) in [6.45, 7) is 8.46. The molecule has 0 aromatic carbocycles. The molecule has 1 rings (SSSR count). The normalized spacial score (nSPS) is 31.5. The molecule has 0 bridgehead atoms. The lowest BCUT2D eigenvalue weighted by molar-refractivity contribution is 0.438. The van der Waals surface area contributed by atoms with Crippen LogP contribution in [0.15, 0.2) is 12.7 Å². The van der Waals surface area contributed by atoms with Gasteiger partial charge in [0.05, 0.1) is 0 Å². The van der Waals surface area contributed by atoms with Gasteiger partial charge in [0.2, 0.25) is 0 Å². The van der Waals surface area contributed by atoms with Gasteiger partial charge in [-0.05, 0) is 30.6 Å². The van der Waals surface area contributed by atoms with Crippen LogP contribution in [-0.2, 0) is 0 Å². The zero-order valence-electron chi connectivity index (χ0n) is 7.84. The molecule has 0 nitrogen and oxygen atoms in total. The molecule has 0 heterocycles. The summed E-state index contributed by atoms with van der Waals surface area (Å²) in [6, 6.07) is 0. The van der Waals surface area contributed by atoms with E-state index in [-0.39, 0.29) is 0 Å². The van der Waals surface area contributed by atoms with Gasteiger partial charge >= 0.3 is 0 Å². The highest BCUT2D eigenvalue weighted by atomic mass is 14.4. The smallest absolute Gasteiger partial charge is 0.0322 e. The molecule has 0 N–H and O–H groups in total. The Hall–Kier alpha value is -0.260. The molecule has 11 heavy (non-hydrogen) atoms. The molecule has 0 amide bonds.